The zero-order chi connectivity index (χ0) is 18.8. The summed E-state index contributed by atoms with van der Waals surface area (Å²) in [5, 5.41) is 15.4. The van der Waals surface area contributed by atoms with Gasteiger partial charge in [0, 0.05) is 21.7 Å². The van der Waals surface area contributed by atoms with E-state index in [2.05, 4.69) is 15.3 Å². The van der Waals surface area contributed by atoms with Crippen LogP contribution in [0.3, 0.4) is 0 Å². The average Bonchev–Trinajstić information content (AvgIpc) is 3.11. The van der Waals surface area contributed by atoms with E-state index in [9.17, 15) is 10.1 Å². The first kappa shape index (κ1) is 17.4. The second kappa shape index (κ2) is 7.29. The molecule has 0 saturated heterocycles. The van der Waals surface area contributed by atoms with Gasteiger partial charge in [-0.2, -0.15) is 0 Å². The molecule has 8 nitrogen and oxygen atoms in total. The molecule has 1 aliphatic rings. The summed E-state index contributed by atoms with van der Waals surface area (Å²) >= 11 is 7.04. The van der Waals surface area contributed by atoms with Crippen molar-refractivity contribution in [1.29, 1.82) is 0 Å². The first-order valence-corrected chi connectivity index (χ1v) is 8.89. The van der Waals surface area contributed by atoms with Gasteiger partial charge in [0.2, 0.25) is 12.6 Å². The molecule has 3 aromatic rings. The van der Waals surface area contributed by atoms with Crippen molar-refractivity contribution in [3.8, 4) is 11.5 Å². The smallest absolute Gasteiger partial charge is 0.343 e. The van der Waals surface area contributed by atoms with E-state index < -0.39 is 4.92 Å². The lowest BCUT2D eigenvalue weighted by molar-refractivity contribution is -0.387. The quantitative estimate of drug-likeness (QED) is 0.373. The summed E-state index contributed by atoms with van der Waals surface area (Å²) in [5.74, 6) is 1.27. The molecule has 10 heteroatoms. The lowest BCUT2D eigenvalue weighted by Crippen LogP contribution is -2.02. The van der Waals surface area contributed by atoms with Crippen LogP contribution in [0.4, 0.5) is 17.2 Å². The van der Waals surface area contributed by atoms with Crippen molar-refractivity contribution in [2.24, 2.45) is 0 Å². The molecule has 0 radical (unpaired) electrons. The lowest BCUT2D eigenvalue weighted by atomic mass is 10.2. The number of hydrogen-bond donors (Lipinski definition) is 1. The standard InChI is InChI=1S/C17H11ClN4O4S/c18-10-1-4-12(5-2-10)27-17-15(22(23)24)16(19-8-20-17)21-11-3-6-13-14(7-11)26-9-25-13/h1-8H,9H2,(H,19,20,21). The van der Waals surface area contributed by atoms with E-state index in [-0.39, 0.29) is 23.3 Å². The third kappa shape index (κ3) is 3.74. The predicted octanol–water partition coefficient (Wildman–Crippen LogP) is 4.66. The van der Waals surface area contributed by atoms with Gasteiger partial charge in [0.25, 0.3) is 0 Å². The van der Waals surface area contributed by atoms with Crippen LogP contribution in [0.15, 0.2) is 58.7 Å². The molecule has 0 amide bonds. The number of anilines is 2. The number of nitro groups is 1. The minimum Gasteiger partial charge on any atom is -0.454 e. The summed E-state index contributed by atoms with van der Waals surface area (Å²) < 4.78 is 10.6. The number of rotatable bonds is 5. The van der Waals surface area contributed by atoms with Crippen LogP contribution in [0.5, 0.6) is 11.5 Å². The van der Waals surface area contributed by atoms with E-state index >= 15 is 0 Å². The summed E-state index contributed by atoms with van der Waals surface area (Å²) in [5.41, 5.74) is 0.374. The Bertz CT molecular complexity index is 1020. The summed E-state index contributed by atoms with van der Waals surface area (Å²) in [7, 11) is 0. The Balaban J connectivity index is 1.66. The third-order valence-electron chi connectivity index (χ3n) is 3.63. The van der Waals surface area contributed by atoms with Gasteiger partial charge in [-0.25, -0.2) is 9.97 Å². The molecule has 0 atom stereocenters. The van der Waals surface area contributed by atoms with Gasteiger partial charge < -0.3 is 14.8 Å². The van der Waals surface area contributed by atoms with Crippen LogP contribution in [0.25, 0.3) is 0 Å². The van der Waals surface area contributed by atoms with E-state index in [0.29, 0.717) is 22.2 Å². The van der Waals surface area contributed by atoms with Crippen LogP contribution in [-0.4, -0.2) is 21.7 Å². The first-order chi connectivity index (χ1) is 13.1. The van der Waals surface area contributed by atoms with Crippen LogP contribution in [0.2, 0.25) is 5.02 Å². The molecule has 2 heterocycles. The molecule has 0 fully saturated rings. The fraction of sp³-hybridized carbons (Fsp3) is 0.0588. The minimum absolute atomic E-state index is 0.0883. The number of fused-ring (bicyclic) bond motifs is 1. The van der Waals surface area contributed by atoms with Crippen molar-refractivity contribution >= 4 is 40.6 Å². The Morgan fingerprint density at radius 1 is 1.11 bits per heavy atom. The number of nitrogens with zero attached hydrogens (tertiary/aromatic N) is 3. The molecule has 1 N–H and O–H groups in total. The Morgan fingerprint density at radius 3 is 2.67 bits per heavy atom. The molecule has 136 valence electrons. The molecule has 0 saturated carbocycles. The van der Waals surface area contributed by atoms with E-state index in [1.807, 2.05) is 0 Å². The largest absolute Gasteiger partial charge is 0.454 e. The molecule has 4 rings (SSSR count). The van der Waals surface area contributed by atoms with E-state index in [1.165, 1.54) is 6.33 Å². The Kier molecular flexibility index (Phi) is 4.69. The lowest BCUT2D eigenvalue weighted by Gasteiger charge is -2.09. The molecule has 1 aromatic heterocycles. The van der Waals surface area contributed by atoms with Gasteiger partial charge in [-0.1, -0.05) is 23.4 Å². The topological polar surface area (TPSA) is 99.4 Å². The van der Waals surface area contributed by atoms with Crippen LogP contribution in [0, 0.1) is 10.1 Å². The third-order valence-corrected chi connectivity index (χ3v) is 4.89. The van der Waals surface area contributed by atoms with Crippen molar-refractivity contribution in [3.05, 3.63) is 63.9 Å². The van der Waals surface area contributed by atoms with Gasteiger partial charge in [-0.05, 0) is 36.4 Å². The maximum atomic E-state index is 11.7. The fourth-order valence-electron chi connectivity index (χ4n) is 2.42. The Hall–Kier alpha value is -3.04. The van der Waals surface area contributed by atoms with Crippen LogP contribution in [-0.2, 0) is 0 Å². The van der Waals surface area contributed by atoms with Crippen LogP contribution in [0.1, 0.15) is 0 Å². The number of benzene rings is 2. The zero-order valence-electron chi connectivity index (χ0n) is 13.6. The van der Waals surface area contributed by atoms with Gasteiger partial charge in [0.15, 0.2) is 16.5 Å². The highest BCUT2D eigenvalue weighted by Gasteiger charge is 2.24. The molecule has 0 aliphatic carbocycles. The first-order valence-electron chi connectivity index (χ1n) is 7.69. The molecular weight excluding hydrogens is 392 g/mol. The monoisotopic (exact) mass is 402 g/mol. The fourth-order valence-corrected chi connectivity index (χ4v) is 3.41. The highest BCUT2D eigenvalue weighted by Crippen LogP contribution is 2.39. The van der Waals surface area contributed by atoms with Crippen molar-refractivity contribution in [2.45, 2.75) is 9.92 Å². The van der Waals surface area contributed by atoms with Crippen molar-refractivity contribution in [3.63, 3.8) is 0 Å². The van der Waals surface area contributed by atoms with Crippen molar-refractivity contribution in [2.75, 3.05) is 12.1 Å². The van der Waals surface area contributed by atoms with Gasteiger partial charge in [0.05, 0.1) is 4.92 Å². The maximum absolute atomic E-state index is 11.7. The normalized spacial score (nSPS) is 12.0. The average molecular weight is 403 g/mol. The Labute approximate surface area is 162 Å². The van der Waals surface area contributed by atoms with Crippen LogP contribution < -0.4 is 14.8 Å². The van der Waals surface area contributed by atoms with Gasteiger partial charge in [-0.3, -0.25) is 10.1 Å². The molecule has 0 bridgehead atoms. The van der Waals surface area contributed by atoms with E-state index in [0.717, 1.165) is 16.7 Å². The van der Waals surface area contributed by atoms with Crippen molar-refractivity contribution < 1.29 is 14.4 Å². The SMILES string of the molecule is O=[N+]([O-])c1c(Nc2ccc3c(c2)OCO3)ncnc1Sc1ccc(Cl)cc1. The highest BCUT2D eigenvalue weighted by atomic mass is 35.5. The zero-order valence-corrected chi connectivity index (χ0v) is 15.2. The highest BCUT2D eigenvalue weighted by molar-refractivity contribution is 7.99. The second-order valence-corrected chi connectivity index (χ2v) is 6.88. The molecule has 1 aliphatic heterocycles. The molecule has 2 aromatic carbocycles. The van der Waals surface area contributed by atoms with Gasteiger partial charge in [-0.15, -0.1) is 0 Å². The summed E-state index contributed by atoms with van der Waals surface area (Å²) in [6.45, 7) is 0.147. The number of ether oxygens (including phenoxy) is 2. The molecule has 27 heavy (non-hydrogen) atoms. The Morgan fingerprint density at radius 2 is 1.89 bits per heavy atom. The number of halogens is 1. The molecule has 0 unspecified atom stereocenters. The van der Waals surface area contributed by atoms with Gasteiger partial charge in [0.1, 0.15) is 6.33 Å². The van der Waals surface area contributed by atoms with Crippen LogP contribution >= 0.6 is 23.4 Å². The number of hydrogen-bond acceptors (Lipinski definition) is 8. The van der Waals surface area contributed by atoms with E-state index in [4.69, 9.17) is 21.1 Å². The maximum Gasteiger partial charge on any atom is 0.343 e. The molecular formula is C17H11ClN4O4S. The molecule has 0 spiro atoms. The number of nitrogens with one attached hydrogen (secondary N) is 1. The predicted molar refractivity (Wildman–Crippen MR) is 100 cm³/mol. The van der Waals surface area contributed by atoms with Crippen molar-refractivity contribution in [1.82, 2.24) is 9.97 Å². The van der Waals surface area contributed by atoms with E-state index in [1.54, 1.807) is 42.5 Å². The summed E-state index contributed by atoms with van der Waals surface area (Å²) in [6, 6.07) is 12.1. The van der Waals surface area contributed by atoms with Gasteiger partial charge >= 0.3 is 5.69 Å². The summed E-state index contributed by atoms with van der Waals surface area (Å²) in [4.78, 5) is 20.0. The summed E-state index contributed by atoms with van der Waals surface area (Å²) in [6.07, 6.45) is 1.28. The number of aromatic nitrogens is 2. The minimum atomic E-state index is -0.506. The second-order valence-electron chi connectivity index (χ2n) is 5.38.